The van der Waals surface area contributed by atoms with Gasteiger partial charge in [-0.15, -0.1) is 10.2 Å². The van der Waals surface area contributed by atoms with Crippen molar-refractivity contribution in [2.45, 2.75) is 45.6 Å². The Labute approximate surface area is 152 Å². The molecule has 3 heterocycles. The molecule has 3 aromatic heterocycles. The number of nitrogens with zero attached hydrogens (tertiary/aromatic N) is 4. The van der Waals surface area contributed by atoms with Crippen molar-refractivity contribution >= 4 is 26.8 Å². The van der Waals surface area contributed by atoms with Crippen molar-refractivity contribution in [3.05, 3.63) is 24.3 Å². The van der Waals surface area contributed by atoms with Crippen molar-refractivity contribution in [2.24, 2.45) is 11.8 Å². The first-order valence-electron chi connectivity index (χ1n) is 9.01. The van der Waals surface area contributed by atoms with Gasteiger partial charge in [-0.25, -0.2) is 18.1 Å². The van der Waals surface area contributed by atoms with Crippen molar-refractivity contribution in [3.8, 4) is 0 Å². The summed E-state index contributed by atoms with van der Waals surface area (Å²) in [6.07, 6.45) is 5.09. The number of sulfonamides is 1. The number of H-pyrrole nitrogens is 1. The van der Waals surface area contributed by atoms with Gasteiger partial charge in [-0.05, 0) is 30.7 Å². The number of fused-ring (bicyclic) bond motifs is 3. The zero-order valence-electron chi connectivity index (χ0n) is 15.2. The number of rotatable bonds is 5. The molecule has 1 saturated carbocycles. The van der Waals surface area contributed by atoms with Gasteiger partial charge < -0.3 is 4.98 Å². The van der Waals surface area contributed by atoms with Gasteiger partial charge in [0.15, 0.2) is 11.3 Å². The molecule has 0 aromatic carbocycles. The zero-order valence-corrected chi connectivity index (χ0v) is 16.0. The Morgan fingerprint density at radius 2 is 2.15 bits per heavy atom. The smallest absolute Gasteiger partial charge is 0.212 e. The van der Waals surface area contributed by atoms with E-state index < -0.39 is 10.0 Å². The van der Waals surface area contributed by atoms with Crippen LogP contribution in [0.1, 0.15) is 45.4 Å². The molecule has 8 nitrogen and oxygen atoms in total. The van der Waals surface area contributed by atoms with Crippen LogP contribution in [0.25, 0.3) is 16.8 Å². The van der Waals surface area contributed by atoms with Gasteiger partial charge in [0, 0.05) is 18.2 Å². The number of aromatic nitrogens is 5. The van der Waals surface area contributed by atoms with E-state index in [0.29, 0.717) is 11.6 Å². The van der Waals surface area contributed by atoms with Crippen LogP contribution in [0.5, 0.6) is 0 Å². The SMILES string of the molecule is CC(C)CS(=O)(=O)N[C@H]1C[C@@H](C)[C@@H](c2nnc3cnc4[nH]ccc4n23)C1. The average Bonchev–Trinajstić information content (AvgIpc) is 3.22. The van der Waals surface area contributed by atoms with Crippen LogP contribution in [0.2, 0.25) is 0 Å². The van der Waals surface area contributed by atoms with Crippen molar-refractivity contribution in [2.75, 3.05) is 5.75 Å². The van der Waals surface area contributed by atoms with Crippen molar-refractivity contribution in [1.82, 2.24) is 29.3 Å². The molecule has 0 saturated heterocycles. The molecule has 9 heteroatoms. The Morgan fingerprint density at radius 1 is 1.35 bits per heavy atom. The van der Waals surface area contributed by atoms with E-state index in [-0.39, 0.29) is 23.6 Å². The molecular weight excluding hydrogens is 352 g/mol. The van der Waals surface area contributed by atoms with E-state index in [1.54, 1.807) is 6.20 Å². The van der Waals surface area contributed by atoms with Crippen LogP contribution in [-0.2, 0) is 10.0 Å². The van der Waals surface area contributed by atoms with E-state index in [4.69, 9.17) is 0 Å². The minimum absolute atomic E-state index is 0.0605. The highest BCUT2D eigenvalue weighted by atomic mass is 32.2. The van der Waals surface area contributed by atoms with Crippen LogP contribution in [0, 0.1) is 11.8 Å². The second-order valence-electron chi connectivity index (χ2n) is 7.77. The highest BCUT2D eigenvalue weighted by Gasteiger charge is 2.37. The topological polar surface area (TPSA) is 105 Å². The molecule has 0 bridgehead atoms. The van der Waals surface area contributed by atoms with Crippen LogP contribution in [0.3, 0.4) is 0 Å². The number of hydrogen-bond donors (Lipinski definition) is 2. The summed E-state index contributed by atoms with van der Waals surface area (Å²) in [5.74, 6) is 1.61. The summed E-state index contributed by atoms with van der Waals surface area (Å²) in [4.78, 5) is 7.46. The van der Waals surface area contributed by atoms with Crippen LogP contribution in [-0.4, -0.2) is 44.8 Å². The van der Waals surface area contributed by atoms with E-state index in [1.165, 1.54) is 0 Å². The lowest BCUT2D eigenvalue weighted by Crippen LogP contribution is -2.36. The van der Waals surface area contributed by atoms with Crippen molar-refractivity contribution in [1.29, 1.82) is 0 Å². The molecule has 3 aromatic rings. The van der Waals surface area contributed by atoms with E-state index in [1.807, 2.05) is 30.5 Å². The van der Waals surface area contributed by atoms with Gasteiger partial charge in [-0.1, -0.05) is 20.8 Å². The molecule has 0 radical (unpaired) electrons. The molecular formula is C17H24N6O2S. The summed E-state index contributed by atoms with van der Waals surface area (Å²) < 4.78 is 29.5. The minimum Gasteiger partial charge on any atom is -0.345 e. The van der Waals surface area contributed by atoms with Crippen molar-refractivity contribution in [3.63, 3.8) is 0 Å². The van der Waals surface area contributed by atoms with E-state index in [2.05, 4.69) is 31.8 Å². The molecule has 2 N–H and O–H groups in total. The fraction of sp³-hybridized carbons (Fsp3) is 0.588. The maximum absolute atomic E-state index is 12.3. The summed E-state index contributed by atoms with van der Waals surface area (Å²) >= 11 is 0. The molecule has 4 rings (SSSR count). The Hall–Kier alpha value is -2.00. The average molecular weight is 376 g/mol. The lowest BCUT2D eigenvalue weighted by Gasteiger charge is -2.14. The molecule has 0 aliphatic heterocycles. The van der Waals surface area contributed by atoms with Crippen LogP contribution in [0.15, 0.2) is 18.5 Å². The predicted octanol–water partition coefficient (Wildman–Crippen LogP) is 2.06. The highest BCUT2D eigenvalue weighted by Crippen LogP contribution is 2.39. The normalized spacial score (nSPS) is 24.2. The molecule has 0 unspecified atom stereocenters. The van der Waals surface area contributed by atoms with E-state index in [0.717, 1.165) is 29.8 Å². The monoisotopic (exact) mass is 376 g/mol. The highest BCUT2D eigenvalue weighted by molar-refractivity contribution is 7.89. The molecule has 1 aliphatic carbocycles. The Bertz CT molecular complexity index is 1040. The third-order valence-electron chi connectivity index (χ3n) is 5.08. The quantitative estimate of drug-likeness (QED) is 0.709. The van der Waals surface area contributed by atoms with E-state index in [9.17, 15) is 8.42 Å². The lowest BCUT2D eigenvalue weighted by molar-refractivity contribution is 0.505. The van der Waals surface area contributed by atoms with Gasteiger partial charge in [0.05, 0.1) is 17.5 Å². The number of aromatic amines is 1. The largest absolute Gasteiger partial charge is 0.345 e. The van der Waals surface area contributed by atoms with Gasteiger partial charge >= 0.3 is 0 Å². The Morgan fingerprint density at radius 3 is 2.92 bits per heavy atom. The third kappa shape index (κ3) is 3.09. The predicted molar refractivity (Wildman–Crippen MR) is 99.3 cm³/mol. The standard InChI is InChI=1S/C17H24N6O2S/c1-10(2)9-26(24,25)22-12-6-11(3)13(7-12)17-21-20-15-8-19-16-14(23(15)17)4-5-18-16/h4-5,8,10-13,18,22H,6-7,9H2,1-3H3/t11-,12+,13+/m1/s1. The maximum atomic E-state index is 12.3. The van der Waals surface area contributed by atoms with Gasteiger partial charge in [-0.3, -0.25) is 4.40 Å². The summed E-state index contributed by atoms with van der Waals surface area (Å²) in [5, 5.41) is 8.68. The summed E-state index contributed by atoms with van der Waals surface area (Å²) in [5.41, 5.74) is 2.44. The van der Waals surface area contributed by atoms with Crippen LogP contribution >= 0.6 is 0 Å². The second-order valence-corrected chi connectivity index (χ2v) is 9.57. The summed E-state index contributed by atoms with van der Waals surface area (Å²) in [6, 6.07) is 1.90. The van der Waals surface area contributed by atoms with Crippen molar-refractivity contribution < 1.29 is 8.42 Å². The minimum atomic E-state index is -3.26. The third-order valence-corrected chi connectivity index (χ3v) is 6.88. The lowest BCUT2D eigenvalue weighted by atomic mass is 9.97. The molecule has 1 fully saturated rings. The fourth-order valence-corrected chi connectivity index (χ4v) is 5.76. The molecule has 3 atom stereocenters. The maximum Gasteiger partial charge on any atom is 0.212 e. The number of nitrogens with one attached hydrogen (secondary N) is 2. The Kier molecular flexibility index (Phi) is 4.23. The van der Waals surface area contributed by atoms with Gasteiger partial charge in [-0.2, -0.15) is 0 Å². The van der Waals surface area contributed by atoms with Gasteiger partial charge in [0.1, 0.15) is 5.82 Å². The van der Waals surface area contributed by atoms with Gasteiger partial charge in [0.25, 0.3) is 0 Å². The van der Waals surface area contributed by atoms with E-state index >= 15 is 0 Å². The number of hydrogen-bond acceptors (Lipinski definition) is 5. The second kappa shape index (κ2) is 6.31. The molecule has 26 heavy (non-hydrogen) atoms. The van der Waals surface area contributed by atoms with Crippen LogP contribution < -0.4 is 4.72 Å². The molecule has 0 amide bonds. The summed E-state index contributed by atoms with van der Waals surface area (Å²) in [6.45, 7) is 5.98. The van der Waals surface area contributed by atoms with Gasteiger partial charge in [0.2, 0.25) is 10.0 Å². The molecule has 140 valence electrons. The first kappa shape index (κ1) is 17.4. The first-order chi connectivity index (χ1) is 12.3. The zero-order chi connectivity index (χ0) is 18.5. The Balaban J connectivity index is 1.63. The fourth-order valence-electron chi connectivity index (χ4n) is 4.08. The molecule has 1 aliphatic rings. The first-order valence-corrected chi connectivity index (χ1v) is 10.7. The molecule has 0 spiro atoms. The van der Waals surface area contributed by atoms with Crippen LogP contribution in [0.4, 0.5) is 0 Å². The summed E-state index contributed by atoms with van der Waals surface area (Å²) in [7, 11) is -3.26.